The van der Waals surface area contributed by atoms with E-state index in [4.69, 9.17) is 0 Å². The van der Waals surface area contributed by atoms with Gasteiger partial charge >= 0.3 is 0 Å². The number of hydrogen-bond donors (Lipinski definition) is 0. The van der Waals surface area contributed by atoms with E-state index in [0.717, 1.165) is 12.8 Å². The highest BCUT2D eigenvalue weighted by molar-refractivity contribution is 5.63. The first-order chi connectivity index (χ1) is 7.00. The van der Waals surface area contributed by atoms with E-state index >= 15 is 0 Å². The summed E-state index contributed by atoms with van der Waals surface area (Å²) in [5.74, 6) is 0. The van der Waals surface area contributed by atoms with E-state index in [1.165, 1.54) is 25.7 Å². The highest BCUT2D eigenvalue weighted by Crippen LogP contribution is 2.15. The van der Waals surface area contributed by atoms with E-state index in [-0.39, 0.29) is 0 Å². The fourth-order valence-corrected chi connectivity index (χ4v) is 0.859. The van der Waals surface area contributed by atoms with Crippen LogP contribution in [0, 0.1) is 0 Å². The SMILES string of the molecule is C1=CN=CC1.C1=CN=CC1.C1CCC1. The average molecular weight is 190 g/mol. The van der Waals surface area contributed by atoms with Gasteiger partial charge in [0.2, 0.25) is 0 Å². The minimum atomic E-state index is 1.03. The normalized spacial score (nSPS) is 19.4. The van der Waals surface area contributed by atoms with Crippen LogP contribution in [0.3, 0.4) is 0 Å². The van der Waals surface area contributed by atoms with Gasteiger partial charge in [-0.2, -0.15) is 0 Å². The fourth-order valence-electron chi connectivity index (χ4n) is 0.859. The van der Waals surface area contributed by atoms with Gasteiger partial charge in [0.1, 0.15) is 0 Å². The Bertz CT molecular complexity index is 187. The van der Waals surface area contributed by atoms with Crippen molar-refractivity contribution in [3.8, 4) is 0 Å². The summed E-state index contributed by atoms with van der Waals surface area (Å²) in [6.07, 6.45) is 19.4. The van der Waals surface area contributed by atoms with Crippen molar-refractivity contribution in [3.63, 3.8) is 0 Å². The molecular formula is C12H18N2. The van der Waals surface area contributed by atoms with Gasteiger partial charge in [-0.15, -0.1) is 0 Å². The number of rotatable bonds is 0. The summed E-state index contributed by atoms with van der Waals surface area (Å²) < 4.78 is 0. The van der Waals surface area contributed by atoms with Gasteiger partial charge in [-0.05, 0) is 0 Å². The molecule has 3 aliphatic rings. The molecular weight excluding hydrogens is 172 g/mol. The first-order valence-corrected chi connectivity index (χ1v) is 5.33. The molecule has 0 amide bonds. The zero-order valence-electron chi connectivity index (χ0n) is 8.60. The Kier molecular flexibility index (Phi) is 6.55. The summed E-state index contributed by atoms with van der Waals surface area (Å²) in [4.78, 5) is 7.56. The second-order valence-corrected chi connectivity index (χ2v) is 3.32. The molecule has 2 aliphatic heterocycles. The molecule has 0 aromatic rings. The predicted molar refractivity (Wildman–Crippen MR) is 63.0 cm³/mol. The van der Waals surface area contributed by atoms with Gasteiger partial charge in [0.25, 0.3) is 0 Å². The second kappa shape index (κ2) is 8.42. The highest BCUT2D eigenvalue weighted by atomic mass is 14.7. The second-order valence-electron chi connectivity index (χ2n) is 3.32. The number of nitrogens with zero attached hydrogens (tertiary/aromatic N) is 2. The Labute approximate surface area is 86.2 Å². The van der Waals surface area contributed by atoms with Gasteiger partial charge in [0.15, 0.2) is 0 Å². The molecule has 2 nitrogen and oxygen atoms in total. The maximum absolute atomic E-state index is 3.78. The lowest BCUT2D eigenvalue weighted by Gasteiger charge is -2.05. The lowest BCUT2D eigenvalue weighted by Crippen LogP contribution is -1.85. The van der Waals surface area contributed by atoms with Gasteiger partial charge in [-0.3, -0.25) is 9.98 Å². The van der Waals surface area contributed by atoms with Gasteiger partial charge in [0.05, 0.1) is 0 Å². The summed E-state index contributed by atoms with van der Waals surface area (Å²) in [6.45, 7) is 0. The summed E-state index contributed by atoms with van der Waals surface area (Å²) in [6, 6.07) is 0. The molecule has 0 aromatic heterocycles. The van der Waals surface area contributed by atoms with Crippen LogP contribution in [0.25, 0.3) is 0 Å². The lowest BCUT2D eigenvalue weighted by molar-refractivity contribution is 0.504. The summed E-state index contributed by atoms with van der Waals surface area (Å²) in [7, 11) is 0. The van der Waals surface area contributed by atoms with E-state index in [1.807, 2.05) is 24.6 Å². The van der Waals surface area contributed by atoms with E-state index in [0.29, 0.717) is 0 Å². The standard InChI is InChI=1S/2C4H5N.C4H8/c2*1-2-4-5-3-1;1-2-4-3-1/h2*1,3-4H,2H2;1-4H2. The summed E-state index contributed by atoms with van der Waals surface area (Å²) in [5, 5.41) is 0. The van der Waals surface area contributed by atoms with E-state index in [1.54, 1.807) is 12.4 Å². The van der Waals surface area contributed by atoms with Crippen LogP contribution in [-0.4, -0.2) is 12.4 Å². The molecule has 1 fully saturated rings. The molecule has 2 heteroatoms. The molecule has 2 heterocycles. The van der Waals surface area contributed by atoms with Crippen LogP contribution in [0.15, 0.2) is 34.5 Å². The van der Waals surface area contributed by atoms with Gasteiger partial charge < -0.3 is 0 Å². The Morgan fingerprint density at radius 3 is 1.14 bits per heavy atom. The van der Waals surface area contributed by atoms with Crippen LogP contribution in [0.4, 0.5) is 0 Å². The fraction of sp³-hybridized carbons (Fsp3) is 0.500. The van der Waals surface area contributed by atoms with Crippen LogP contribution in [0.1, 0.15) is 38.5 Å². The van der Waals surface area contributed by atoms with Crippen LogP contribution in [0.2, 0.25) is 0 Å². The number of allylic oxidation sites excluding steroid dienone is 2. The maximum Gasteiger partial charge on any atom is 0.0227 e. The minimum absolute atomic E-state index is 1.03. The van der Waals surface area contributed by atoms with Crippen molar-refractivity contribution in [3.05, 3.63) is 24.6 Å². The van der Waals surface area contributed by atoms with Crippen LogP contribution in [0.5, 0.6) is 0 Å². The van der Waals surface area contributed by atoms with Crippen molar-refractivity contribution < 1.29 is 0 Å². The summed E-state index contributed by atoms with van der Waals surface area (Å²) >= 11 is 0. The quantitative estimate of drug-likeness (QED) is 0.558. The molecule has 0 unspecified atom stereocenters. The first kappa shape index (κ1) is 10.9. The molecule has 0 atom stereocenters. The van der Waals surface area contributed by atoms with E-state index in [9.17, 15) is 0 Å². The smallest absolute Gasteiger partial charge is 0.0227 e. The van der Waals surface area contributed by atoms with Gasteiger partial charge in [-0.1, -0.05) is 37.8 Å². The molecule has 1 saturated carbocycles. The van der Waals surface area contributed by atoms with Crippen molar-refractivity contribution in [2.45, 2.75) is 38.5 Å². The Morgan fingerprint density at radius 2 is 1.07 bits per heavy atom. The van der Waals surface area contributed by atoms with Gasteiger partial charge in [0, 0.05) is 37.7 Å². The molecule has 3 rings (SSSR count). The molecule has 14 heavy (non-hydrogen) atoms. The van der Waals surface area contributed by atoms with Gasteiger partial charge in [-0.25, -0.2) is 0 Å². The molecule has 0 saturated heterocycles. The van der Waals surface area contributed by atoms with Crippen molar-refractivity contribution in [2.24, 2.45) is 9.98 Å². The topological polar surface area (TPSA) is 24.7 Å². The van der Waals surface area contributed by atoms with Crippen LogP contribution < -0.4 is 0 Å². The lowest BCUT2D eigenvalue weighted by atomic mass is 10.0. The zero-order valence-corrected chi connectivity index (χ0v) is 8.60. The molecule has 76 valence electrons. The highest BCUT2D eigenvalue weighted by Gasteiger charge is 1.95. The molecule has 0 radical (unpaired) electrons. The Balaban J connectivity index is 0.000000106. The number of hydrogen-bond acceptors (Lipinski definition) is 2. The van der Waals surface area contributed by atoms with Crippen molar-refractivity contribution in [1.82, 2.24) is 0 Å². The third-order valence-electron chi connectivity index (χ3n) is 2.08. The van der Waals surface area contributed by atoms with Crippen molar-refractivity contribution in [2.75, 3.05) is 0 Å². The maximum atomic E-state index is 3.78. The predicted octanol–water partition coefficient (Wildman–Crippen LogP) is 3.51. The third-order valence-corrected chi connectivity index (χ3v) is 2.08. The molecule has 0 aromatic carbocycles. The average Bonchev–Trinajstić information content (AvgIpc) is 2.81. The minimum Gasteiger partial charge on any atom is -0.269 e. The molecule has 1 aliphatic carbocycles. The van der Waals surface area contributed by atoms with Crippen LogP contribution in [-0.2, 0) is 0 Å². The van der Waals surface area contributed by atoms with Crippen molar-refractivity contribution >= 4 is 12.4 Å². The van der Waals surface area contributed by atoms with Crippen LogP contribution >= 0.6 is 0 Å². The Hall–Kier alpha value is -1.18. The third kappa shape index (κ3) is 6.35. The Morgan fingerprint density at radius 1 is 0.643 bits per heavy atom. The van der Waals surface area contributed by atoms with Crippen molar-refractivity contribution in [1.29, 1.82) is 0 Å². The van der Waals surface area contributed by atoms with E-state index < -0.39 is 0 Å². The number of aliphatic imine (C=N–C) groups is 2. The summed E-state index contributed by atoms with van der Waals surface area (Å²) in [5.41, 5.74) is 0. The zero-order chi connectivity index (χ0) is 9.90. The largest absolute Gasteiger partial charge is 0.269 e. The molecule has 0 spiro atoms. The van der Waals surface area contributed by atoms with E-state index in [2.05, 4.69) is 9.98 Å². The first-order valence-electron chi connectivity index (χ1n) is 5.33. The monoisotopic (exact) mass is 190 g/mol. The molecule has 0 bridgehead atoms. The molecule has 0 N–H and O–H groups in total.